The highest BCUT2D eigenvalue weighted by Crippen LogP contribution is 2.27. The molecule has 1 atom stereocenters. The molecule has 9 heteroatoms. The minimum Gasteiger partial charge on any atom is -0.497 e. The summed E-state index contributed by atoms with van der Waals surface area (Å²) < 4.78 is 6.95. The Kier molecular flexibility index (Phi) is 7.05. The summed E-state index contributed by atoms with van der Waals surface area (Å²) in [6.45, 7) is 4.58. The minimum atomic E-state index is -0.337. The maximum atomic E-state index is 13.3. The molecule has 0 bridgehead atoms. The van der Waals surface area contributed by atoms with E-state index in [0.29, 0.717) is 52.4 Å². The number of anilines is 2. The van der Waals surface area contributed by atoms with Crippen LogP contribution in [0.3, 0.4) is 0 Å². The van der Waals surface area contributed by atoms with Crippen LogP contribution >= 0.6 is 0 Å². The van der Waals surface area contributed by atoms with E-state index in [9.17, 15) is 4.79 Å². The smallest absolute Gasteiger partial charge is 0.261 e. The molecular formula is C26H29N7O2. The fourth-order valence-electron chi connectivity index (χ4n) is 4.06. The van der Waals surface area contributed by atoms with Gasteiger partial charge in [0, 0.05) is 12.1 Å². The Hall–Kier alpha value is -4.27. The van der Waals surface area contributed by atoms with Crippen LogP contribution < -0.4 is 21.3 Å². The van der Waals surface area contributed by atoms with Gasteiger partial charge in [-0.15, -0.1) is 0 Å². The van der Waals surface area contributed by atoms with Gasteiger partial charge in [0.1, 0.15) is 29.5 Å². The van der Waals surface area contributed by atoms with Gasteiger partial charge < -0.3 is 15.8 Å². The van der Waals surface area contributed by atoms with Gasteiger partial charge in [-0.2, -0.15) is 0 Å². The molecule has 9 nitrogen and oxygen atoms in total. The molecule has 0 aliphatic rings. The number of hydrogen-bond donors (Lipinski definition) is 3. The first kappa shape index (κ1) is 23.9. The summed E-state index contributed by atoms with van der Waals surface area (Å²) in [6, 6.07) is 14.2. The Morgan fingerprint density at radius 3 is 2.57 bits per heavy atom. The van der Waals surface area contributed by atoms with E-state index in [1.165, 1.54) is 6.33 Å². The van der Waals surface area contributed by atoms with E-state index >= 15 is 0 Å². The zero-order chi connectivity index (χ0) is 24.9. The van der Waals surface area contributed by atoms with Crippen LogP contribution in [-0.4, -0.2) is 32.3 Å². The van der Waals surface area contributed by atoms with Gasteiger partial charge in [-0.25, -0.2) is 15.0 Å². The Morgan fingerprint density at radius 1 is 1.14 bits per heavy atom. The first-order chi connectivity index (χ1) is 17.0. The predicted molar refractivity (Wildman–Crippen MR) is 138 cm³/mol. The van der Waals surface area contributed by atoms with Crippen LogP contribution in [0.2, 0.25) is 0 Å². The van der Waals surface area contributed by atoms with Crippen molar-refractivity contribution in [1.29, 1.82) is 5.41 Å². The lowest BCUT2D eigenvalue weighted by atomic mass is 10.0. The minimum absolute atomic E-state index is 0.0684. The number of rotatable bonds is 9. The van der Waals surface area contributed by atoms with Gasteiger partial charge in [-0.05, 0) is 49.2 Å². The second-order valence-corrected chi connectivity index (χ2v) is 8.14. The highest BCUT2D eigenvalue weighted by atomic mass is 16.5. The largest absolute Gasteiger partial charge is 0.497 e. The van der Waals surface area contributed by atoms with Crippen LogP contribution in [0.5, 0.6) is 5.75 Å². The van der Waals surface area contributed by atoms with Crippen molar-refractivity contribution in [2.24, 2.45) is 0 Å². The fraction of sp³-hybridized carbons (Fsp3) is 0.269. The van der Waals surface area contributed by atoms with Gasteiger partial charge in [0.15, 0.2) is 0 Å². The lowest BCUT2D eigenvalue weighted by Gasteiger charge is -2.23. The standard InChI is InChI=1S/C26H29N7O2/c1-4-14-33-25(32-20-9-7-6-8-18(20)26(33)34)19(5-2)31-24-21(23(28)29-15-30-24)22(27)16-10-12-17(35-3)13-11-16/h6-13,15,19,27H,4-5,14H2,1-3H3,(H3,28,29,30,31). The number of hydrogen-bond acceptors (Lipinski definition) is 8. The molecule has 0 aliphatic carbocycles. The number of ether oxygens (including phenoxy) is 1. The number of nitrogen functional groups attached to an aromatic ring is 1. The van der Waals surface area contributed by atoms with E-state index in [1.54, 1.807) is 42.0 Å². The van der Waals surface area contributed by atoms with Gasteiger partial charge in [0.25, 0.3) is 5.56 Å². The maximum Gasteiger partial charge on any atom is 0.261 e. The van der Waals surface area contributed by atoms with E-state index < -0.39 is 0 Å². The average Bonchev–Trinajstić information content (AvgIpc) is 2.88. The molecule has 4 aromatic rings. The molecule has 0 radical (unpaired) electrons. The number of nitrogens with one attached hydrogen (secondary N) is 2. The summed E-state index contributed by atoms with van der Waals surface area (Å²) >= 11 is 0. The van der Waals surface area contributed by atoms with Crippen molar-refractivity contribution in [3.05, 3.63) is 82.2 Å². The van der Waals surface area contributed by atoms with E-state index in [4.69, 9.17) is 20.9 Å². The Balaban J connectivity index is 1.78. The Labute approximate surface area is 203 Å². The van der Waals surface area contributed by atoms with Crippen LogP contribution in [0.4, 0.5) is 11.6 Å². The zero-order valence-electron chi connectivity index (χ0n) is 20.1. The number of nitrogens with two attached hydrogens (primary N) is 1. The van der Waals surface area contributed by atoms with Crippen molar-refractivity contribution in [2.75, 3.05) is 18.2 Å². The number of methoxy groups -OCH3 is 1. The number of para-hydroxylation sites is 1. The molecule has 2 aromatic heterocycles. The Bertz CT molecular complexity index is 1410. The number of aromatic nitrogens is 4. The van der Waals surface area contributed by atoms with Crippen molar-refractivity contribution in [3.8, 4) is 5.75 Å². The summed E-state index contributed by atoms with van der Waals surface area (Å²) in [7, 11) is 1.59. The van der Waals surface area contributed by atoms with Gasteiger partial charge >= 0.3 is 0 Å². The van der Waals surface area contributed by atoms with Gasteiger partial charge in [-0.1, -0.05) is 26.0 Å². The molecule has 0 aliphatic heterocycles. The number of benzene rings is 2. The van der Waals surface area contributed by atoms with E-state index in [1.807, 2.05) is 32.0 Å². The summed E-state index contributed by atoms with van der Waals surface area (Å²) in [5.74, 6) is 1.92. The molecule has 35 heavy (non-hydrogen) atoms. The molecule has 0 amide bonds. The monoisotopic (exact) mass is 471 g/mol. The van der Waals surface area contributed by atoms with Crippen molar-refractivity contribution in [3.63, 3.8) is 0 Å². The first-order valence-electron chi connectivity index (χ1n) is 11.6. The van der Waals surface area contributed by atoms with E-state index in [-0.39, 0.29) is 23.1 Å². The molecule has 0 fully saturated rings. The number of nitrogens with zero attached hydrogens (tertiary/aromatic N) is 4. The molecule has 4 N–H and O–H groups in total. The summed E-state index contributed by atoms with van der Waals surface area (Å²) in [6.07, 6.45) is 2.78. The molecule has 4 rings (SSSR count). The van der Waals surface area contributed by atoms with Gasteiger partial charge in [-0.3, -0.25) is 14.8 Å². The van der Waals surface area contributed by atoms with Crippen molar-refractivity contribution in [2.45, 2.75) is 39.3 Å². The molecule has 2 aromatic carbocycles. The summed E-state index contributed by atoms with van der Waals surface area (Å²) in [5, 5.41) is 12.8. The molecule has 0 spiro atoms. The second kappa shape index (κ2) is 10.3. The molecule has 2 heterocycles. The molecule has 0 saturated carbocycles. The topological polar surface area (TPSA) is 132 Å². The number of fused-ring (bicyclic) bond motifs is 1. The second-order valence-electron chi connectivity index (χ2n) is 8.14. The summed E-state index contributed by atoms with van der Waals surface area (Å²) in [4.78, 5) is 26.7. The lowest BCUT2D eigenvalue weighted by molar-refractivity contribution is 0.415. The van der Waals surface area contributed by atoms with E-state index in [2.05, 4.69) is 15.3 Å². The third kappa shape index (κ3) is 4.70. The van der Waals surface area contributed by atoms with Crippen LogP contribution in [0.25, 0.3) is 10.9 Å². The van der Waals surface area contributed by atoms with Crippen LogP contribution in [0.1, 0.15) is 49.7 Å². The third-order valence-electron chi connectivity index (χ3n) is 5.87. The highest BCUT2D eigenvalue weighted by Gasteiger charge is 2.23. The van der Waals surface area contributed by atoms with Crippen molar-refractivity contribution < 1.29 is 4.74 Å². The van der Waals surface area contributed by atoms with Crippen molar-refractivity contribution in [1.82, 2.24) is 19.5 Å². The quantitative estimate of drug-likeness (QED) is 0.312. The normalized spacial score (nSPS) is 11.9. The third-order valence-corrected chi connectivity index (χ3v) is 5.87. The summed E-state index contributed by atoms with van der Waals surface area (Å²) in [5.41, 5.74) is 8.02. The average molecular weight is 472 g/mol. The van der Waals surface area contributed by atoms with Gasteiger partial charge in [0.2, 0.25) is 0 Å². The lowest BCUT2D eigenvalue weighted by Crippen LogP contribution is -2.29. The fourth-order valence-corrected chi connectivity index (χ4v) is 4.06. The van der Waals surface area contributed by atoms with Crippen LogP contribution in [0.15, 0.2) is 59.7 Å². The van der Waals surface area contributed by atoms with E-state index in [0.717, 1.165) is 6.42 Å². The first-order valence-corrected chi connectivity index (χ1v) is 11.6. The van der Waals surface area contributed by atoms with Crippen LogP contribution in [0, 0.1) is 5.41 Å². The van der Waals surface area contributed by atoms with Gasteiger partial charge in [0.05, 0.1) is 35.3 Å². The molecule has 180 valence electrons. The molecule has 0 saturated heterocycles. The van der Waals surface area contributed by atoms with Crippen molar-refractivity contribution >= 4 is 28.3 Å². The highest BCUT2D eigenvalue weighted by molar-refractivity contribution is 6.16. The molecule has 1 unspecified atom stereocenters. The Morgan fingerprint density at radius 2 is 1.89 bits per heavy atom. The van der Waals surface area contributed by atoms with Crippen LogP contribution in [-0.2, 0) is 6.54 Å². The zero-order valence-corrected chi connectivity index (χ0v) is 20.1. The predicted octanol–water partition coefficient (Wildman–Crippen LogP) is 4.17. The maximum absolute atomic E-state index is 13.3. The SMILES string of the molecule is CCCn1c(C(CC)Nc2ncnc(N)c2C(=N)c2ccc(OC)cc2)nc2ccccc2c1=O. The molecular weight excluding hydrogens is 442 g/mol.